The minimum absolute atomic E-state index is 0.613. The molecular formula is C22H11ClO2. The Bertz CT molecular complexity index is 1450. The first kappa shape index (κ1) is 13.3. The van der Waals surface area contributed by atoms with Crippen molar-refractivity contribution in [1.29, 1.82) is 0 Å². The quantitative estimate of drug-likeness (QED) is 0.289. The SMILES string of the molecule is Clc1cccc2c1oc1c3ccccc3c3c4ccccc4oc3c21. The molecule has 4 aromatic carbocycles. The van der Waals surface area contributed by atoms with E-state index in [1.54, 1.807) is 0 Å². The maximum absolute atomic E-state index is 6.39. The third kappa shape index (κ3) is 1.60. The van der Waals surface area contributed by atoms with Crippen LogP contribution >= 0.6 is 11.6 Å². The van der Waals surface area contributed by atoms with E-state index in [9.17, 15) is 0 Å². The Kier molecular flexibility index (Phi) is 2.43. The molecule has 6 rings (SSSR count). The number of halogens is 1. The van der Waals surface area contributed by atoms with Gasteiger partial charge in [0.1, 0.15) is 16.7 Å². The van der Waals surface area contributed by atoms with Crippen LogP contribution in [-0.4, -0.2) is 0 Å². The summed E-state index contributed by atoms with van der Waals surface area (Å²) >= 11 is 6.39. The molecule has 3 heteroatoms. The molecule has 0 radical (unpaired) electrons. The predicted molar refractivity (Wildman–Crippen MR) is 104 cm³/mol. The second-order valence-corrected chi connectivity index (χ2v) is 6.68. The van der Waals surface area contributed by atoms with Gasteiger partial charge in [-0.1, -0.05) is 66.2 Å². The summed E-state index contributed by atoms with van der Waals surface area (Å²) in [6, 6.07) is 22.3. The first-order valence-electron chi connectivity index (χ1n) is 8.15. The summed E-state index contributed by atoms with van der Waals surface area (Å²) < 4.78 is 12.5. The summed E-state index contributed by atoms with van der Waals surface area (Å²) in [5, 5.41) is 7.03. The van der Waals surface area contributed by atoms with E-state index >= 15 is 0 Å². The van der Waals surface area contributed by atoms with Crippen molar-refractivity contribution in [3.63, 3.8) is 0 Å². The van der Waals surface area contributed by atoms with Crippen LogP contribution < -0.4 is 0 Å². The Morgan fingerprint density at radius 2 is 1.24 bits per heavy atom. The number of hydrogen-bond donors (Lipinski definition) is 0. The summed E-state index contributed by atoms with van der Waals surface area (Å²) in [5.41, 5.74) is 3.27. The second-order valence-electron chi connectivity index (χ2n) is 6.27. The Labute approximate surface area is 147 Å². The number of rotatable bonds is 0. The average molecular weight is 343 g/mol. The van der Waals surface area contributed by atoms with Crippen LogP contribution in [0.5, 0.6) is 0 Å². The number of furan rings is 2. The molecule has 0 aliphatic rings. The highest BCUT2D eigenvalue weighted by Gasteiger charge is 2.21. The van der Waals surface area contributed by atoms with Crippen LogP contribution in [-0.2, 0) is 0 Å². The maximum atomic E-state index is 6.39. The molecule has 0 fully saturated rings. The van der Waals surface area contributed by atoms with E-state index in [4.69, 9.17) is 20.4 Å². The molecule has 2 nitrogen and oxygen atoms in total. The van der Waals surface area contributed by atoms with E-state index in [-0.39, 0.29) is 0 Å². The summed E-state index contributed by atoms with van der Waals surface area (Å²) in [6.07, 6.45) is 0. The molecule has 0 amide bonds. The normalized spacial score (nSPS) is 12.2. The molecule has 6 aromatic rings. The molecule has 0 unspecified atom stereocenters. The van der Waals surface area contributed by atoms with Gasteiger partial charge >= 0.3 is 0 Å². The molecule has 0 aliphatic heterocycles. The highest BCUT2D eigenvalue weighted by Crippen LogP contribution is 2.45. The monoisotopic (exact) mass is 342 g/mol. The van der Waals surface area contributed by atoms with Crippen molar-refractivity contribution in [2.45, 2.75) is 0 Å². The standard InChI is InChI=1S/C22H11ClO2/c23-16-10-5-9-15-19-21(25-20(15)16)13-7-2-1-6-12(13)18-14-8-3-4-11-17(14)24-22(18)19/h1-11H. The maximum Gasteiger partial charge on any atom is 0.154 e. The van der Waals surface area contributed by atoms with Gasteiger partial charge in [-0.3, -0.25) is 0 Å². The molecule has 0 saturated carbocycles. The van der Waals surface area contributed by atoms with Gasteiger partial charge in [-0.05, 0) is 17.5 Å². The van der Waals surface area contributed by atoms with E-state index in [1.165, 1.54) is 0 Å². The van der Waals surface area contributed by atoms with Crippen molar-refractivity contribution < 1.29 is 8.83 Å². The van der Waals surface area contributed by atoms with Gasteiger partial charge < -0.3 is 8.83 Å². The molecule has 0 aliphatic carbocycles. The molecule has 0 atom stereocenters. The third-order valence-electron chi connectivity index (χ3n) is 4.93. The van der Waals surface area contributed by atoms with Gasteiger partial charge in [0.15, 0.2) is 5.58 Å². The number of fused-ring (bicyclic) bond motifs is 10. The van der Waals surface area contributed by atoms with Crippen molar-refractivity contribution >= 4 is 66.3 Å². The summed E-state index contributed by atoms with van der Waals surface area (Å²) in [6.45, 7) is 0. The average Bonchev–Trinajstić information content (AvgIpc) is 3.21. The van der Waals surface area contributed by atoms with Crippen molar-refractivity contribution in [3.8, 4) is 0 Å². The van der Waals surface area contributed by atoms with Crippen molar-refractivity contribution in [1.82, 2.24) is 0 Å². The van der Waals surface area contributed by atoms with Crippen LogP contribution in [0.15, 0.2) is 75.6 Å². The minimum atomic E-state index is 0.613. The zero-order chi connectivity index (χ0) is 16.5. The van der Waals surface area contributed by atoms with Gasteiger partial charge in [0.05, 0.1) is 10.4 Å². The molecule has 2 heterocycles. The fourth-order valence-corrected chi connectivity index (χ4v) is 4.10. The third-order valence-corrected chi connectivity index (χ3v) is 5.23. The fourth-order valence-electron chi connectivity index (χ4n) is 3.89. The molecule has 0 bridgehead atoms. The van der Waals surface area contributed by atoms with E-state index < -0.39 is 0 Å². The van der Waals surface area contributed by atoms with E-state index in [2.05, 4.69) is 18.2 Å². The van der Waals surface area contributed by atoms with Crippen LogP contribution in [0.3, 0.4) is 0 Å². The molecule has 0 saturated heterocycles. The molecule has 0 N–H and O–H groups in total. The summed E-state index contributed by atoms with van der Waals surface area (Å²) in [4.78, 5) is 0. The van der Waals surface area contributed by atoms with Gasteiger partial charge in [0, 0.05) is 21.5 Å². The second kappa shape index (κ2) is 4.56. The lowest BCUT2D eigenvalue weighted by Gasteiger charge is -2.01. The van der Waals surface area contributed by atoms with Crippen LogP contribution in [0, 0.1) is 0 Å². The Morgan fingerprint density at radius 3 is 2.12 bits per heavy atom. The number of benzene rings is 4. The van der Waals surface area contributed by atoms with Gasteiger partial charge in [0.2, 0.25) is 0 Å². The van der Waals surface area contributed by atoms with Gasteiger partial charge in [-0.2, -0.15) is 0 Å². The van der Waals surface area contributed by atoms with Crippen LogP contribution in [0.1, 0.15) is 0 Å². The molecule has 0 spiro atoms. The summed E-state index contributed by atoms with van der Waals surface area (Å²) in [5.74, 6) is 0. The lowest BCUT2D eigenvalue weighted by atomic mass is 10.00. The smallest absolute Gasteiger partial charge is 0.154 e. The molecular weight excluding hydrogens is 332 g/mol. The van der Waals surface area contributed by atoms with Gasteiger partial charge in [-0.25, -0.2) is 0 Å². The lowest BCUT2D eigenvalue weighted by Crippen LogP contribution is -1.77. The first-order chi connectivity index (χ1) is 12.3. The fraction of sp³-hybridized carbons (Fsp3) is 0. The largest absolute Gasteiger partial charge is 0.455 e. The zero-order valence-corrected chi connectivity index (χ0v) is 13.8. The van der Waals surface area contributed by atoms with Crippen molar-refractivity contribution in [3.05, 3.63) is 71.8 Å². The number of hydrogen-bond acceptors (Lipinski definition) is 2. The zero-order valence-electron chi connectivity index (χ0n) is 13.0. The van der Waals surface area contributed by atoms with Crippen molar-refractivity contribution in [2.75, 3.05) is 0 Å². The highest BCUT2D eigenvalue weighted by atomic mass is 35.5. The minimum Gasteiger partial charge on any atom is -0.455 e. The van der Waals surface area contributed by atoms with E-state index in [1.807, 2.05) is 48.5 Å². The summed E-state index contributed by atoms with van der Waals surface area (Å²) in [7, 11) is 0. The number of para-hydroxylation sites is 2. The lowest BCUT2D eigenvalue weighted by molar-refractivity contribution is 0.665. The predicted octanol–water partition coefficient (Wildman–Crippen LogP) is 7.29. The topological polar surface area (TPSA) is 26.3 Å². The highest BCUT2D eigenvalue weighted by molar-refractivity contribution is 6.38. The molecule has 118 valence electrons. The van der Waals surface area contributed by atoms with Crippen LogP contribution in [0.4, 0.5) is 0 Å². The van der Waals surface area contributed by atoms with Crippen molar-refractivity contribution in [2.24, 2.45) is 0 Å². The van der Waals surface area contributed by atoms with Crippen LogP contribution in [0.25, 0.3) is 54.6 Å². The van der Waals surface area contributed by atoms with Gasteiger partial charge in [-0.15, -0.1) is 0 Å². The van der Waals surface area contributed by atoms with E-state index in [0.717, 1.165) is 49.1 Å². The first-order valence-corrected chi connectivity index (χ1v) is 8.53. The van der Waals surface area contributed by atoms with Crippen LogP contribution in [0.2, 0.25) is 5.02 Å². The molecule has 2 aromatic heterocycles. The Hall–Kier alpha value is -2.97. The van der Waals surface area contributed by atoms with Gasteiger partial charge in [0.25, 0.3) is 0 Å². The van der Waals surface area contributed by atoms with E-state index in [0.29, 0.717) is 10.6 Å². The molecule has 25 heavy (non-hydrogen) atoms. The Balaban J connectivity index is 2.07. The Morgan fingerprint density at radius 1 is 0.520 bits per heavy atom.